The highest BCUT2D eigenvalue weighted by Crippen LogP contribution is 2.47. The van der Waals surface area contributed by atoms with E-state index in [9.17, 15) is 24.5 Å². The van der Waals surface area contributed by atoms with E-state index in [4.69, 9.17) is 0 Å². The van der Waals surface area contributed by atoms with Crippen LogP contribution in [0.1, 0.15) is 5.56 Å². The van der Waals surface area contributed by atoms with Crippen molar-refractivity contribution in [3.63, 3.8) is 0 Å². The molecule has 1 spiro atoms. The SMILES string of the molecule is C=CCN1C(=O)NC(=O)[C@@]2(Cc3cc([N+](=O)[O-])ccc3N3CCSC[C@@H]32)C1=O. The Hall–Kier alpha value is -2.88. The van der Waals surface area contributed by atoms with E-state index in [1.807, 2.05) is 4.90 Å². The van der Waals surface area contributed by atoms with Crippen molar-refractivity contribution in [3.05, 3.63) is 46.5 Å². The van der Waals surface area contributed by atoms with E-state index in [-0.39, 0.29) is 18.7 Å². The summed E-state index contributed by atoms with van der Waals surface area (Å²) in [6.07, 6.45) is 1.44. The second-order valence-electron chi connectivity index (χ2n) is 6.97. The molecular weight excluding hydrogens is 384 g/mol. The number of carbonyl (C=O) groups excluding carboxylic acids is 3. The molecule has 0 radical (unpaired) electrons. The fourth-order valence-corrected chi connectivity index (χ4v) is 5.46. The minimum absolute atomic E-state index is 0.0112. The number of carbonyl (C=O) groups is 3. The van der Waals surface area contributed by atoms with Gasteiger partial charge in [0.1, 0.15) is 0 Å². The zero-order chi connectivity index (χ0) is 20.1. The number of thioether (sulfide) groups is 1. The van der Waals surface area contributed by atoms with Crippen LogP contribution in [0.15, 0.2) is 30.9 Å². The number of amides is 4. The molecular formula is C18H18N4O5S. The summed E-state index contributed by atoms with van der Waals surface area (Å²) in [5.41, 5.74) is -0.239. The van der Waals surface area contributed by atoms with E-state index in [1.165, 1.54) is 18.2 Å². The van der Waals surface area contributed by atoms with Gasteiger partial charge in [0.25, 0.3) is 5.69 Å². The Bertz CT molecular complexity index is 919. The Morgan fingerprint density at radius 1 is 1.39 bits per heavy atom. The molecule has 3 aliphatic heterocycles. The van der Waals surface area contributed by atoms with Crippen LogP contribution in [0.5, 0.6) is 0 Å². The number of fused-ring (bicyclic) bond motifs is 4. The molecule has 0 aromatic heterocycles. The first kappa shape index (κ1) is 18.5. The number of anilines is 1. The number of imide groups is 2. The van der Waals surface area contributed by atoms with Crippen molar-refractivity contribution < 1.29 is 19.3 Å². The molecule has 0 saturated carbocycles. The topological polar surface area (TPSA) is 113 Å². The maximum Gasteiger partial charge on any atom is 0.331 e. The van der Waals surface area contributed by atoms with Crippen LogP contribution in [0.2, 0.25) is 0 Å². The van der Waals surface area contributed by atoms with Crippen LogP contribution < -0.4 is 10.2 Å². The minimum atomic E-state index is -1.51. The van der Waals surface area contributed by atoms with E-state index < -0.39 is 34.2 Å². The monoisotopic (exact) mass is 402 g/mol. The average Bonchev–Trinajstić information content (AvgIpc) is 2.69. The largest absolute Gasteiger partial charge is 0.365 e. The smallest absolute Gasteiger partial charge is 0.331 e. The van der Waals surface area contributed by atoms with Gasteiger partial charge in [-0.2, -0.15) is 11.8 Å². The van der Waals surface area contributed by atoms with Crippen molar-refractivity contribution in [1.29, 1.82) is 0 Å². The molecule has 1 aromatic carbocycles. The van der Waals surface area contributed by atoms with Gasteiger partial charge in [0.15, 0.2) is 5.41 Å². The molecule has 0 aliphatic carbocycles. The second kappa shape index (κ2) is 6.62. The van der Waals surface area contributed by atoms with Crippen LogP contribution >= 0.6 is 11.8 Å². The van der Waals surface area contributed by atoms with Gasteiger partial charge in [-0.05, 0) is 11.6 Å². The van der Waals surface area contributed by atoms with Gasteiger partial charge in [-0.1, -0.05) is 6.08 Å². The molecule has 146 valence electrons. The third-order valence-electron chi connectivity index (χ3n) is 5.56. The predicted octanol–water partition coefficient (Wildman–Crippen LogP) is 1.32. The average molecular weight is 402 g/mol. The number of urea groups is 1. The van der Waals surface area contributed by atoms with Crippen LogP contribution in [0.4, 0.5) is 16.2 Å². The van der Waals surface area contributed by atoms with Crippen LogP contribution in [0.3, 0.4) is 0 Å². The number of nitrogens with one attached hydrogen (secondary N) is 1. The summed E-state index contributed by atoms with van der Waals surface area (Å²) in [5, 5.41) is 13.5. The van der Waals surface area contributed by atoms with Gasteiger partial charge < -0.3 is 4.90 Å². The first-order valence-electron chi connectivity index (χ1n) is 8.80. The summed E-state index contributed by atoms with van der Waals surface area (Å²) >= 11 is 1.64. The summed E-state index contributed by atoms with van der Waals surface area (Å²) in [6.45, 7) is 4.17. The standard InChI is InChI=1S/C18H18N4O5S/c1-2-5-21-16(24)18(15(23)19-17(21)25)9-11-8-12(22(26)27)3-4-13(11)20-6-7-28-10-14(18)20/h2-4,8,14H,1,5-7,9-10H2,(H,19,23,25)/t14-,18+/m1/s1. The van der Waals surface area contributed by atoms with Gasteiger partial charge in [-0.3, -0.25) is 29.9 Å². The number of hydrogen-bond donors (Lipinski definition) is 1. The van der Waals surface area contributed by atoms with Gasteiger partial charge in [0.2, 0.25) is 11.8 Å². The number of hydrogen-bond acceptors (Lipinski definition) is 7. The molecule has 2 atom stereocenters. The van der Waals surface area contributed by atoms with Gasteiger partial charge in [0.05, 0.1) is 11.0 Å². The summed E-state index contributed by atoms with van der Waals surface area (Å²) in [4.78, 5) is 52.4. The molecule has 10 heteroatoms. The Balaban J connectivity index is 1.88. The third-order valence-corrected chi connectivity index (χ3v) is 6.58. The maximum absolute atomic E-state index is 13.4. The van der Waals surface area contributed by atoms with Crippen LogP contribution in [0, 0.1) is 15.5 Å². The lowest BCUT2D eigenvalue weighted by molar-refractivity contribution is -0.384. The Morgan fingerprint density at radius 3 is 2.89 bits per heavy atom. The molecule has 2 saturated heterocycles. The van der Waals surface area contributed by atoms with Crippen molar-refractivity contribution >= 4 is 41.0 Å². The molecule has 1 N–H and O–H groups in total. The zero-order valence-electron chi connectivity index (χ0n) is 14.9. The van der Waals surface area contributed by atoms with E-state index in [0.717, 1.165) is 16.3 Å². The van der Waals surface area contributed by atoms with E-state index >= 15 is 0 Å². The first-order valence-corrected chi connectivity index (χ1v) is 9.95. The molecule has 3 heterocycles. The molecule has 2 fully saturated rings. The quantitative estimate of drug-likeness (QED) is 0.351. The molecule has 9 nitrogen and oxygen atoms in total. The predicted molar refractivity (Wildman–Crippen MR) is 103 cm³/mol. The van der Waals surface area contributed by atoms with Crippen molar-refractivity contribution in [2.75, 3.05) is 29.5 Å². The van der Waals surface area contributed by atoms with Gasteiger partial charge in [0, 0.05) is 48.8 Å². The molecule has 28 heavy (non-hydrogen) atoms. The number of nitrogens with zero attached hydrogens (tertiary/aromatic N) is 3. The van der Waals surface area contributed by atoms with Gasteiger partial charge in [-0.25, -0.2) is 4.79 Å². The highest BCUT2D eigenvalue weighted by Gasteiger charge is 2.62. The van der Waals surface area contributed by atoms with Crippen LogP contribution in [-0.2, 0) is 16.0 Å². The highest BCUT2D eigenvalue weighted by molar-refractivity contribution is 7.99. The number of benzene rings is 1. The number of non-ortho nitro benzene ring substituents is 1. The van der Waals surface area contributed by atoms with Crippen molar-refractivity contribution in [2.24, 2.45) is 5.41 Å². The number of nitro benzene ring substituents is 1. The van der Waals surface area contributed by atoms with Crippen molar-refractivity contribution in [1.82, 2.24) is 10.2 Å². The number of barbiturate groups is 1. The molecule has 4 rings (SSSR count). The first-order chi connectivity index (χ1) is 13.4. The normalized spacial score (nSPS) is 26.6. The fourth-order valence-electron chi connectivity index (χ4n) is 4.28. The lowest BCUT2D eigenvalue weighted by Gasteiger charge is -2.53. The molecule has 4 amide bonds. The molecule has 0 unspecified atom stereocenters. The van der Waals surface area contributed by atoms with Crippen LogP contribution in [0.25, 0.3) is 0 Å². The molecule has 0 bridgehead atoms. The lowest BCUT2D eigenvalue weighted by Crippen LogP contribution is -2.73. The summed E-state index contributed by atoms with van der Waals surface area (Å²) in [6, 6.07) is 3.34. The zero-order valence-corrected chi connectivity index (χ0v) is 15.7. The summed E-state index contributed by atoms with van der Waals surface area (Å²) in [5.74, 6) is 0.146. The van der Waals surface area contributed by atoms with Crippen LogP contribution in [-0.4, -0.2) is 58.3 Å². The maximum atomic E-state index is 13.4. The number of rotatable bonds is 3. The van der Waals surface area contributed by atoms with E-state index in [0.29, 0.717) is 17.9 Å². The van der Waals surface area contributed by atoms with Gasteiger partial charge >= 0.3 is 6.03 Å². The van der Waals surface area contributed by atoms with Crippen molar-refractivity contribution in [3.8, 4) is 0 Å². The Kier molecular flexibility index (Phi) is 4.37. The minimum Gasteiger partial charge on any atom is -0.365 e. The third kappa shape index (κ3) is 2.51. The second-order valence-corrected chi connectivity index (χ2v) is 8.12. The molecule has 1 aromatic rings. The van der Waals surface area contributed by atoms with E-state index in [2.05, 4.69) is 11.9 Å². The molecule has 3 aliphatic rings. The fraction of sp³-hybridized carbons (Fsp3) is 0.389. The Morgan fingerprint density at radius 2 is 2.18 bits per heavy atom. The number of nitro groups is 1. The summed E-state index contributed by atoms with van der Waals surface area (Å²) < 4.78 is 0. The highest BCUT2D eigenvalue weighted by atomic mass is 32.2. The lowest BCUT2D eigenvalue weighted by atomic mass is 9.69. The Labute approximate surface area is 164 Å². The van der Waals surface area contributed by atoms with Crippen molar-refractivity contribution in [2.45, 2.75) is 12.5 Å². The van der Waals surface area contributed by atoms with Gasteiger partial charge in [-0.15, -0.1) is 6.58 Å². The summed E-state index contributed by atoms with van der Waals surface area (Å²) in [7, 11) is 0. The van der Waals surface area contributed by atoms with E-state index in [1.54, 1.807) is 17.8 Å².